The Hall–Kier alpha value is -3.07. The molecule has 1 unspecified atom stereocenters. The number of halogens is 3. The molecule has 0 saturated carbocycles. The van der Waals surface area contributed by atoms with Crippen LogP contribution < -0.4 is 15.4 Å². The van der Waals surface area contributed by atoms with Gasteiger partial charge in [-0.15, -0.1) is 0 Å². The highest BCUT2D eigenvalue weighted by Crippen LogP contribution is 2.29. The summed E-state index contributed by atoms with van der Waals surface area (Å²) >= 11 is 0. The zero-order valence-electron chi connectivity index (χ0n) is 14.9. The van der Waals surface area contributed by atoms with Crippen molar-refractivity contribution in [3.05, 3.63) is 59.7 Å². The molecule has 0 saturated heterocycles. The molecular formula is C19H19F3N2O4. The lowest BCUT2D eigenvalue weighted by Gasteiger charge is -2.11. The van der Waals surface area contributed by atoms with E-state index in [2.05, 4.69) is 10.6 Å². The van der Waals surface area contributed by atoms with Crippen LogP contribution in [0.5, 0.6) is 5.75 Å². The summed E-state index contributed by atoms with van der Waals surface area (Å²) in [5.74, 6) is -0.698. The molecule has 9 heteroatoms. The number of anilines is 1. The fourth-order valence-electron chi connectivity index (χ4n) is 2.16. The van der Waals surface area contributed by atoms with Crippen LogP contribution in [0.25, 0.3) is 0 Å². The second-order valence-corrected chi connectivity index (χ2v) is 6.00. The topological polar surface area (TPSA) is 87.7 Å². The summed E-state index contributed by atoms with van der Waals surface area (Å²) in [4.78, 5) is 23.8. The minimum absolute atomic E-state index is 0.0967. The molecule has 2 aromatic rings. The maximum absolute atomic E-state index is 12.5. The lowest BCUT2D eigenvalue weighted by Crippen LogP contribution is -2.30. The van der Waals surface area contributed by atoms with E-state index in [0.717, 1.165) is 24.3 Å². The van der Waals surface area contributed by atoms with Crippen LogP contribution in [0.1, 0.15) is 22.8 Å². The van der Waals surface area contributed by atoms with Gasteiger partial charge in [0.15, 0.2) is 6.61 Å². The Balaban J connectivity index is 1.89. The van der Waals surface area contributed by atoms with Gasteiger partial charge < -0.3 is 20.5 Å². The standard InChI is InChI=1S/C19H19F3N2O4/c1-12(25)10-23-18(27)13-3-2-4-16(9-13)28-11-17(26)24-15-7-5-14(6-8-15)19(20,21)22/h2-9,12,25H,10-11H2,1H3,(H,23,27)(H,24,26). The Bertz CT molecular complexity index is 821. The monoisotopic (exact) mass is 396 g/mol. The Labute approximate surface area is 159 Å². The van der Waals surface area contributed by atoms with Gasteiger partial charge in [-0.3, -0.25) is 9.59 Å². The van der Waals surface area contributed by atoms with E-state index in [9.17, 15) is 27.9 Å². The van der Waals surface area contributed by atoms with Gasteiger partial charge in [0.05, 0.1) is 11.7 Å². The molecule has 150 valence electrons. The molecule has 0 spiro atoms. The molecule has 0 aromatic heterocycles. The van der Waals surface area contributed by atoms with Crippen LogP contribution in [-0.2, 0) is 11.0 Å². The number of carbonyl (C=O) groups is 2. The predicted octanol–water partition coefficient (Wildman–Crippen LogP) is 2.83. The van der Waals surface area contributed by atoms with Crippen molar-refractivity contribution in [3.63, 3.8) is 0 Å². The normalized spacial score (nSPS) is 12.2. The largest absolute Gasteiger partial charge is 0.484 e. The van der Waals surface area contributed by atoms with Crippen molar-refractivity contribution in [2.45, 2.75) is 19.2 Å². The summed E-state index contributed by atoms with van der Waals surface area (Å²) in [5.41, 5.74) is -0.318. The molecule has 0 aliphatic rings. The zero-order valence-corrected chi connectivity index (χ0v) is 14.9. The highest BCUT2D eigenvalue weighted by atomic mass is 19.4. The Morgan fingerprint density at radius 1 is 1.14 bits per heavy atom. The third kappa shape index (κ3) is 6.58. The van der Waals surface area contributed by atoms with Crippen LogP contribution in [0.3, 0.4) is 0 Å². The van der Waals surface area contributed by atoms with Crippen LogP contribution in [0.2, 0.25) is 0 Å². The van der Waals surface area contributed by atoms with E-state index in [-0.39, 0.29) is 24.6 Å². The van der Waals surface area contributed by atoms with Gasteiger partial charge >= 0.3 is 6.18 Å². The third-order valence-electron chi connectivity index (χ3n) is 3.52. The molecule has 6 nitrogen and oxygen atoms in total. The summed E-state index contributed by atoms with van der Waals surface area (Å²) in [7, 11) is 0. The summed E-state index contributed by atoms with van der Waals surface area (Å²) in [5, 5.41) is 14.1. The first kappa shape index (κ1) is 21.2. The quantitative estimate of drug-likeness (QED) is 0.672. The van der Waals surface area contributed by atoms with Gasteiger partial charge in [0.2, 0.25) is 0 Å². The summed E-state index contributed by atoms with van der Waals surface area (Å²) in [6, 6.07) is 10.1. The first-order chi connectivity index (χ1) is 13.1. The average Bonchev–Trinajstić information content (AvgIpc) is 2.64. The van der Waals surface area contributed by atoms with E-state index in [1.165, 1.54) is 13.0 Å². The average molecular weight is 396 g/mol. The number of amides is 2. The van der Waals surface area contributed by atoms with Crippen molar-refractivity contribution in [2.75, 3.05) is 18.5 Å². The van der Waals surface area contributed by atoms with E-state index in [1.54, 1.807) is 18.2 Å². The molecule has 0 heterocycles. The lowest BCUT2D eigenvalue weighted by atomic mass is 10.2. The fourth-order valence-corrected chi connectivity index (χ4v) is 2.16. The highest BCUT2D eigenvalue weighted by Gasteiger charge is 2.29. The second kappa shape index (κ2) is 9.23. The molecule has 3 N–H and O–H groups in total. The maximum Gasteiger partial charge on any atom is 0.416 e. The Morgan fingerprint density at radius 3 is 2.43 bits per heavy atom. The number of aliphatic hydroxyl groups is 1. The van der Waals surface area contributed by atoms with Gasteiger partial charge in [-0.05, 0) is 49.4 Å². The van der Waals surface area contributed by atoms with E-state index in [4.69, 9.17) is 4.74 Å². The molecule has 0 fully saturated rings. The van der Waals surface area contributed by atoms with E-state index in [0.29, 0.717) is 5.56 Å². The molecule has 2 rings (SSSR count). The third-order valence-corrected chi connectivity index (χ3v) is 3.52. The maximum atomic E-state index is 12.5. The number of benzene rings is 2. The van der Waals surface area contributed by atoms with Crippen molar-refractivity contribution in [2.24, 2.45) is 0 Å². The van der Waals surface area contributed by atoms with Gasteiger partial charge in [-0.1, -0.05) is 6.07 Å². The van der Waals surface area contributed by atoms with Gasteiger partial charge in [-0.25, -0.2) is 0 Å². The molecule has 0 aliphatic carbocycles. The zero-order chi connectivity index (χ0) is 20.7. The molecule has 0 radical (unpaired) electrons. The number of carbonyl (C=O) groups excluding carboxylic acids is 2. The number of aliphatic hydroxyl groups excluding tert-OH is 1. The van der Waals surface area contributed by atoms with Crippen LogP contribution in [0, 0.1) is 0 Å². The van der Waals surface area contributed by atoms with Crippen molar-refractivity contribution in [3.8, 4) is 5.75 Å². The minimum Gasteiger partial charge on any atom is -0.484 e. The number of hydrogen-bond acceptors (Lipinski definition) is 4. The van der Waals surface area contributed by atoms with Gasteiger partial charge in [-0.2, -0.15) is 13.2 Å². The number of alkyl halides is 3. The summed E-state index contributed by atoms with van der Waals surface area (Å²) in [6.45, 7) is 1.24. The smallest absolute Gasteiger partial charge is 0.416 e. The Kier molecular flexibility index (Phi) is 7.00. The van der Waals surface area contributed by atoms with Crippen LogP contribution in [-0.4, -0.2) is 36.2 Å². The van der Waals surface area contributed by atoms with Crippen LogP contribution >= 0.6 is 0 Å². The first-order valence-corrected chi connectivity index (χ1v) is 8.31. The SMILES string of the molecule is CC(O)CNC(=O)c1cccc(OCC(=O)Nc2ccc(C(F)(F)F)cc2)c1. The van der Waals surface area contributed by atoms with E-state index < -0.39 is 29.7 Å². The molecule has 28 heavy (non-hydrogen) atoms. The van der Waals surface area contributed by atoms with Gasteiger partial charge in [0.1, 0.15) is 5.75 Å². The van der Waals surface area contributed by atoms with E-state index in [1.807, 2.05) is 0 Å². The second-order valence-electron chi connectivity index (χ2n) is 6.00. The highest BCUT2D eigenvalue weighted by molar-refractivity contribution is 5.94. The Morgan fingerprint density at radius 2 is 1.82 bits per heavy atom. The first-order valence-electron chi connectivity index (χ1n) is 8.31. The lowest BCUT2D eigenvalue weighted by molar-refractivity contribution is -0.137. The molecule has 2 aromatic carbocycles. The molecular weight excluding hydrogens is 377 g/mol. The van der Waals surface area contributed by atoms with E-state index >= 15 is 0 Å². The van der Waals surface area contributed by atoms with Gasteiger partial charge in [0.25, 0.3) is 11.8 Å². The number of ether oxygens (including phenoxy) is 1. The van der Waals surface area contributed by atoms with Crippen LogP contribution in [0.4, 0.5) is 18.9 Å². The van der Waals surface area contributed by atoms with Crippen molar-refractivity contribution >= 4 is 17.5 Å². The van der Waals surface area contributed by atoms with Crippen molar-refractivity contribution in [1.82, 2.24) is 5.32 Å². The number of nitrogens with one attached hydrogen (secondary N) is 2. The number of hydrogen-bond donors (Lipinski definition) is 3. The molecule has 1 atom stereocenters. The summed E-state index contributed by atoms with van der Waals surface area (Å²) < 4.78 is 42.9. The fraction of sp³-hybridized carbons (Fsp3) is 0.263. The number of rotatable bonds is 7. The minimum atomic E-state index is -4.45. The molecule has 0 aliphatic heterocycles. The predicted molar refractivity (Wildman–Crippen MR) is 96.0 cm³/mol. The van der Waals surface area contributed by atoms with Crippen LogP contribution in [0.15, 0.2) is 48.5 Å². The van der Waals surface area contributed by atoms with Gasteiger partial charge in [0, 0.05) is 17.8 Å². The molecule has 0 bridgehead atoms. The van der Waals surface area contributed by atoms with Crippen molar-refractivity contribution < 1.29 is 32.6 Å². The summed E-state index contributed by atoms with van der Waals surface area (Å²) in [6.07, 6.45) is -5.13. The molecule has 2 amide bonds. The van der Waals surface area contributed by atoms with Crippen molar-refractivity contribution in [1.29, 1.82) is 0 Å².